The first-order valence-corrected chi connectivity index (χ1v) is 4.83. The van der Waals surface area contributed by atoms with Crippen LogP contribution in [-0.4, -0.2) is 21.8 Å². The lowest BCUT2D eigenvalue weighted by atomic mass is 10.2. The van der Waals surface area contributed by atoms with Crippen molar-refractivity contribution < 1.29 is 9.90 Å². The van der Waals surface area contributed by atoms with Gasteiger partial charge < -0.3 is 5.11 Å². The summed E-state index contributed by atoms with van der Waals surface area (Å²) in [6, 6.07) is 1.59. The van der Waals surface area contributed by atoms with E-state index in [2.05, 4.69) is 17.6 Å². The van der Waals surface area contributed by atoms with Gasteiger partial charge in [-0.2, -0.15) is 12.6 Å². The number of aromatic carboxylic acids is 1. The molecule has 0 aliphatic heterocycles. The molecule has 0 aliphatic rings. The molecule has 14 heavy (non-hydrogen) atoms. The first kappa shape index (κ1) is 10.8. The van der Waals surface area contributed by atoms with Gasteiger partial charge in [0.05, 0.1) is 5.56 Å². The number of carboxylic acid groups (broad SMARTS) is 1. The highest BCUT2D eigenvalue weighted by molar-refractivity contribution is 7.80. The molecule has 1 aromatic rings. The summed E-state index contributed by atoms with van der Waals surface area (Å²) < 4.78 is 0. The van der Waals surface area contributed by atoms with E-state index in [1.165, 1.54) is 6.20 Å². The van der Waals surface area contributed by atoms with Gasteiger partial charge in [0.2, 0.25) is 0 Å². The van der Waals surface area contributed by atoms with Crippen molar-refractivity contribution in [3.8, 4) is 0 Å². The summed E-state index contributed by atoms with van der Waals surface area (Å²) in [5, 5.41) is 8.70. The maximum Gasteiger partial charge on any atom is 0.337 e. The summed E-state index contributed by atoms with van der Waals surface area (Å²) in [4.78, 5) is 14.4. The molecule has 1 rings (SSSR count). The van der Waals surface area contributed by atoms with Crippen LogP contribution in [0.4, 0.5) is 0 Å². The first-order valence-electron chi connectivity index (χ1n) is 4.20. The predicted octanol–water partition coefficient (Wildman–Crippen LogP) is 2.11. The van der Waals surface area contributed by atoms with Gasteiger partial charge in [0, 0.05) is 12.4 Å². The van der Waals surface area contributed by atoms with E-state index in [-0.39, 0.29) is 5.56 Å². The van der Waals surface area contributed by atoms with Crippen LogP contribution in [0.2, 0.25) is 0 Å². The second-order valence-corrected chi connectivity index (χ2v) is 3.17. The zero-order chi connectivity index (χ0) is 10.4. The first-order chi connectivity index (χ1) is 6.74. The van der Waals surface area contributed by atoms with E-state index in [4.69, 9.17) is 5.11 Å². The minimum absolute atomic E-state index is 0.207. The lowest BCUT2D eigenvalue weighted by Crippen LogP contribution is -1.96. The van der Waals surface area contributed by atoms with E-state index in [1.54, 1.807) is 12.3 Å². The topological polar surface area (TPSA) is 50.2 Å². The number of rotatable bonds is 4. The Labute approximate surface area is 87.9 Å². The Bertz CT molecular complexity index is 350. The van der Waals surface area contributed by atoms with Crippen LogP contribution in [0.15, 0.2) is 24.5 Å². The molecule has 1 heterocycles. The van der Waals surface area contributed by atoms with E-state index >= 15 is 0 Å². The average molecular weight is 209 g/mol. The van der Waals surface area contributed by atoms with Gasteiger partial charge in [0.25, 0.3) is 0 Å². The van der Waals surface area contributed by atoms with E-state index in [0.29, 0.717) is 0 Å². The molecule has 0 aromatic carbocycles. The number of hydrogen-bond donors (Lipinski definition) is 2. The molecule has 74 valence electrons. The minimum atomic E-state index is -0.957. The van der Waals surface area contributed by atoms with E-state index in [1.807, 2.05) is 12.2 Å². The number of carbonyl (C=O) groups is 1. The summed E-state index contributed by atoms with van der Waals surface area (Å²) in [6.45, 7) is 0. The number of aromatic nitrogens is 1. The molecule has 0 saturated carbocycles. The third-order valence-corrected chi connectivity index (χ3v) is 1.87. The van der Waals surface area contributed by atoms with Crippen molar-refractivity contribution in [3.63, 3.8) is 0 Å². The predicted molar refractivity (Wildman–Crippen MR) is 58.7 cm³/mol. The van der Waals surface area contributed by atoms with E-state index < -0.39 is 5.97 Å². The number of pyridine rings is 1. The van der Waals surface area contributed by atoms with E-state index in [9.17, 15) is 4.79 Å². The average Bonchev–Trinajstić information content (AvgIpc) is 2.19. The Hall–Kier alpha value is -1.29. The highest BCUT2D eigenvalue weighted by Gasteiger charge is 2.01. The molecular formula is C10H11NO2S. The van der Waals surface area contributed by atoms with Crippen molar-refractivity contribution in [3.05, 3.63) is 35.7 Å². The molecule has 0 radical (unpaired) electrons. The molecule has 0 atom stereocenters. The molecule has 0 spiro atoms. The lowest BCUT2D eigenvalue weighted by Gasteiger charge is -1.95. The molecule has 1 aromatic heterocycles. The van der Waals surface area contributed by atoms with Gasteiger partial charge in [-0.15, -0.1) is 0 Å². The Balaban J connectivity index is 2.78. The van der Waals surface area contributed by atoms with Crippen molar-refractivity contribution in [1.29, 1.82) is 0 Å². The van der Waals surface area contributed by atoms with Gasteiger partial charge in [-0.3, -0.25) is 4.98 Å². The fraction of sp³-hybridized carbons (Fsp3) is 0.200. The minimum Gasteiger partial charge on any atom is -0.478 e. The van der Waals surface area contributed by atoms with Gasteiger partial charge >= 0.3 is 5.97 Å². The van der Waals surface area contributed by atoms with Gasteiger partial charge in [-0.1, -0.05) is 12.2 Å². The van der Waals surface area contributed by atoms with Crippen molar-refractivity contribution in [1.82, 2.24) is 4.98 Å². The zero-order valence-electron chi connectivity index (χ0n) is 7.55. The van der Waals surface area contributed by atoms with Crippen LogP contribution in [0.3, 0.4) is 0 Å². The molecule has 4 heteroatoms. The number of nitrogens with zero attached hydrogens (tertiary/aromatic N) is 1. The third kappa shape index (κ3) is 3.22. The fourth-order valence-corrected chi connectivity index (χ4v) is 1.11. The van der Waals surface area contributed by atoms with Crippen LogP contribution in [0.25, 0.3) is 6.08 Å². The van der Waals surface area contributed by atoms with Gasteiger partial charge in [0.15, 0.2) is 0 Å². The van der Waals surface area contributed by atoms with Crippen LogP contribution in [0.1, 0.15) is 22.3 Å². The highest BCUT2D eigenvalue weighted by atomic mass is 32.1. The second kappa shape index (κ2) is 5.44. The smallest absolute Gasteiger partial charge is 0.337 e. The Kier molecular flexibility index (Phi) is 4.19. The normalized spacial score (nSPS) is 10.6. The van der Waals surface area contributed by atoms with Gasteiger partial charge in [-0.05, 0) is 23.8 Å². The summed E-state index contributed by atoms with van der Waals surface area (Å²) in [6.07, 6.45) is 7.60. The summed E-state index contributed by atoms with van der Waals surface area (Å²) in [5.74, 6) is -0.176. The van der Waals surface area contributed by atoms with Crippen LogP contribution in [0.5, 0.6) is 0 Å². The Morgan fingerprint density at radius 2 is 2.36 bits per heavy atom. The van der Waals surface area contributed by atoms with Gasteiger partial charge in [-0.25, -0.2) is 4.79 Å². The van der Waals surface area contributed by atoms with E-state index in [0.717, 1.165) is 17.7 Å². The molecule has 0 bridgehead atoms. The monoisotopic (exact) mass is 209 g/mol. The van der Waals surface area contributed by atoms with Crippen LogP contribution in [-0.2, 0) is 0 Å². The molecule has 3 nitrogen and oxygen atoms in total. The molecule has 0 unspecified atom stereocenters. The molecule has 0 amide bonds. The molecule has 0 aliphatic carbocycles. The number of thiol groups is 1. The second-order valence-electron chi connectivity index (χ2n) is 2.73. The lowest BCUT2D eigenvalue weighted by molar-refractivity contribution is 0.0696. The van der Waals surface area contributed by atoms with Crippen molar-refractivity contribution in [2.45, 2.75) is 6.42 Å². The number of hydrogen-bond acceptors (Lipinski definition) is 3. The fourth-order valence-electron chi connectivity index (χ4n) is 0.960. The Morgan fingerprint density at radius 3 is 3.00 bits per heavy atom. The highest BCUT2D eigenvalue weighted by Crippen LogP contribution is 2.05. The molecular weight excluding hydrogens is 198 g/mol. The zero-order valence-corrected chi connectivity index (χ0v) is 8.45. The molecule has 1 N–H and O–H groups in total. The maximum absolute atomic E-state index is 10.6. The third-order valence-electron chi connectivity index (χ3n) is 1.61. The summed E-state index contributed by atoms with van der Waals surface area (Å²) in [5.41, 5.74) is 1.00. The summed E-state index contributed by atoms with van der Waals surface area (Å²) in [7, 11) is 0. The van der Waals surface area contributed by atoms with Crippen molar-refractivity contribution in [2.75, 3.05) is 5.75 Å². The molecule has 0 saturated heterocycles. The standard InChI is InChI=1S/C10H11NO2S/c12-10(13)9-5-8(6-11-7-9)3-1-2-4-14/h1,3,5-7,14H,2,4H2,(H,12,13). The van der Waals surface area contributed by atoms with Crippen LogP contribution < -0.4 is 0 Å². The Morgan fingerprint density at radius 1 is 1.57 bits per heavy atom. The SMILES string of the molecule is O=C(O)c1cncc(C=CCCS)c1. The maximum atomic E-state index is 10.6. The van der Waals surface area contributed by atoms with Gasteiger partial charge in [0.1, 0.15) is 0 Å². The molecule has 0 fully saturated rings. The van der Waals surface area contributed by atoms with Crippen LogP contribution in [0, 0.1) is 0 Å². The quantitative estimate of drug-likeness (QED) is 0.747. The van der Waals surface area contributed by atoms with Crippen molar-refractivity contribution in [2.24, 2.45) is 0 Å². The largest absolute Gasteiger partial charge is 0.478 e. The van der Waals surface area contributed by atoms with Crippen LogP contribution >= 0.6 is 12.6 Å². The number of allylic oxidation sites excluding steroid dienone is 1. The van der Waals surface area contributed by atoms with Crippen molar-refractivity contribution >= 4 is 24.7 Å². The summed E-state index contributed by atoms with van der Waals surface area (Å²) >= 11 is 4.06. The number of carboxylic acids is 1.